The molecule has 23 heavy (non-hydrogen) atoms. The smallest absolute Gasteiger partial charge is 0.492 e. The predicted octanol–water partition coefficient (Wildman–Crippen LogP) is 2.71. The van der Waals surface area contributed by atoms with Gasteiger partial charge in [-0.2, -0.15) is 0 Å². The highest BCUT2D eigenvalue weighted by Gasteiger charge is 2.51. The predicted molar refractivity (Wildman–Crippen MR) is 95.4 cm³/mol. The lowest BCUT2D eigenvalue weighted by Gasteiger charge is -2.32. The second-order valence-electron chi connectivity index (χ2n) is 7.04. The van der Waals surface area contributed by atoms with Crippen molar-refractivity contribution in [3.05, 3.63) is 24.3 Å². The van der Waals surface area contributed by atoms with Crippen LogP contribution in [-0.2, 0) is 9.31 Å². The minimum absolute atomic E-state index is 0.322. The van der Waals surface area contributed by atoms with Gasteiger partial charge in [0.1, 0.15) is 12.4 Å². The Morgan fingerprint density at radius 3 is 2.22 bits per heavy atom. The first kappa shape index (κ1) is 18.3. The lowest BCUT2D eigenvalue weighted by atomic mass is 9.79. The van der Waals surface area contributed by atoms with Crippen molar-refractivity contribution in [1.82, 2.24) is 4.90 Å². The molecule has 1 aliphatic heterocycles. The SMILES string of the molecule is CCN(CC)CCOc1cccc(B2OC(C)(C)C(C)(C)O2)c1. The number of ether oxygens (including phenoxy) is 1. The summed E-state index contributed by atoms with van der Waals surface area (Å²) in [7, 11) is -0.341. The minimum atomic E-state index is -0.341. The third-order valence-corrected chi connectivity index (χ3v) is 4.95. The number of likely N-dealkylation sites (N-methyl/N-ethyl adjacent to an activating group) is 1. The zero-order valence-electron chi connectivity index (χ0n) is 15.4. The molecule has 5 heteroatoms. The van der Waals surface area contributed by atoms with E-state index in [1.165, 1.54) is 0 Å². The lowest BCUT2D eigenvalue weighted by Crippen LogP contribution is -2.41. The van der Waals surface area contributed by atoms with Crippen LogP contribution in [0.15, 0.2) is 24.3 Å². The van der Waals surface area contributed by atoms with Crippen molar-refractivity contribution in [1.29, 1.82) is 0 Å². The van der Waals surface area contributed by atoms with Crippen molar-refractivity contribution in [2.75, 3.05) is 26.2 Å². The maximum Gasteiger partial charge on any atom is 0.494 e. The Morgan fingerprint density at radius 2 is 1.65 bits per heavy atom. The van der Waals surface area contributed by atoms with Crippen LogP contribution in [0.25, 0.3) is 0 Å². The Labute approximate surface area is 141 Å². The van der Waals surface area contributed by atoms with Crippen molar-refractivity contribution in [3.8, 4) is 5.75 Å². The minimum Gasteiger partial charge on any atom is -0.492 e. The van der Waals surface area contributed by atoms with Crippen LogP contribution in [0, 0.1) is 0 Å². The van der Waals surface area contributed by atoms with Gasteiger partial charge in [0.2, 0.25) is 0 Å². The Kier molecular flexibility index (Phi) is 5.77. The van der Waals surface area contributed by atoms with E-state index in [0.29, 0.717) is 6.61 Å². The second kappa shape index (κ2) is 7.24. The first-order valence-electron chi connectivity index (χ1n) is 8.60. The zero-order valence-corrected chi connectivity index (χ0v) is 15.4. The van der Waals surface area contributed by atoms with E-state index >= 15 is 0 Å². The van der Waals surface area contributed by atoms with Gasteiger partial charge in [0.25, 0.3) is 0 Å². The van der Waals surface area contributed by atoms with Crippen LogP contribution in [0.4, 0.5) is 0 Å². The number of rotatable bonds is 7. The molecular formula is C18H30BNO3. The largest absolute Gasteiger partial charge is 0.494 e. The second-order valence-corrected chi connectivity index (χ2v) is 7.04. The molecule has 0 spiro atoms. The molecule has 0 saturated carbocycles. The molecule has 0 aliphatic carbocycles. The fraction of sp³-hybridized carbons (Fsp3) is 0.667. The summed E-state index contributed by atoms with van der Waals surface area (Å²) >= 11 is 0. The van der Waals surface area contributed by atoms with Gasteiger partial charge in [-0.25, -0.2) is 0 Å². The quantitative estimate of drug-likeness (QED) is 0.723. The maximum absolute atomic E-state index is 6.10. The Morgan fingerprint density at radius 1 is 1.04 bits per heavy atom. The molecule has 1 saturated heterocycles. The molecule has 1 fully saturated rings. The van der Waals surface area contributed by atoms with Gasteiger partial charge in [0.05, 0.1) is 11.2 Å². The Hall–Kier alpha value is -1.04. The first-order chi connectivity index (χ1) is 10.8. The summed E-state index contributed by atoms with van der Waals surface area (Å²) in [4.78, 5) is 2.35. The van der Waals surface area contributed by atoms with Crippen LogP contribution in [0.5, 0.6) is 5.75 Å². The van der Waals surface area contributed by atoms with E-state index < -0.39 is 0 Å². The molecule has 1 aliphatic rings. The molecule has 0 amide bonds. The molecule has 1 aromatic rings. The van der Waals surface area contributed by atoms with Crippen LogP contribution < -0.4 is 10.2 Å². The Balaban J connectivity index is 1.98. The standard InChI is InChI=1S/C18H30BNO3/c1-7-20(8-2)12-13-21-16-11-9-10-15(14-16)19-22-17(3,4)18(5,6)23-19/h9-11,14H,7-8,12-13H2,1-6H3. The summed E-state index contributed by atoms with van der Waals surface area (Å²) in [5.74, 6) is 0.865. The average molecular weight is 319 g/mol. The van der Waals surface area contributed by atoms with E-state index in [1.807, 2.05) is 24.3 Å². The van der Waals surface area contributed by atoms with Crippen molar-refractivity contribution in [3.63, 3.8) is 0 Å². The molecule has 2 rings (SSSR count). The van der Waals surface area contributed by atoms with Gasteiger partial charge < -0.3 is 18.9 Å². The number of hydrogen-bond acceptors (Lipinski definition) is 4. The van der Waals surface area contributed by atoms with Crippen LogP contribution in [0.3, 0.4) is 0 Å². The van der Waals surface area contributed by atoms with Crippen molar-refractivity contribution < 1.29 is 14.0 Å². The molecule has 0 atom stereocenters. The fourth-order valence-electron chi connectivity index (χ4n) is 2.56. The van der Waals surface area contributed by atoms with E-state index in [0.717, 1.165) is 30.8 Å². The third-order valence-electron chi connectivity index (χ3n) is 4.95. The molecule has 128 valence electrons. The molecule has 0 bridgehead atoms. The average Bonchev–Trinajstić information content (AvgIpc) is 2.72. The monoisotopic (exact) mass is 319 g/mol. The molecule has 0 radical (unpaired) electrons. The number of hydrogen-bond donors (Lipinski definition) is 0. The molecule has 0 unspecified atom stereocenters. The van der Waals surface area contributed by atoms with Crippen molar-refractivity contribution in [2.24, 2.45) is 0 Å². The molecule has 4 nitrogen and oxygen atoms in total. The highest BCUT2D eigenvalue weighted by Crippen LogP contribution is 2.36. The van der Waals surface area contributed by atoms with Crippen molar-refractivity contribution >= 4 is 12.6 Å². The molecule has 1 heterocycles. The van der Waals surface area contributed by atoms with Gasteiger partial charge in [-0.3, -0.25) is 0 Å². The first-order valence-corrected chi connectivity index (χ1v) is 8.60. The van der Waals surface area contributed by atoms with E-state index in [9.17, 15) is 0 Å². The maximum atomic E-state index is 6.10. The third kappa shape index (κ3) is 4.28. The van der Waals surface area contributed by atoms with Gasteiger partial charge in [0, 0.05) is 6.54 Å². The molecule has 0 aromatic heterocycles. The zero-order chi connectivity index (χ0) is 17.1. The van der Waals surface area contributed by atoms with Crippen LogP contribution >= 0.6 is 0 Å². The van der Waals surface area contributed by atoms with Crippen LogP contribution in [-0.4, -0.2) is 49.5 Å². The normalized spacial score (nSPS) is 19.3. The van der Waals surface area contributed by atoms with Gasteiger partial charge in [0.15, 0.2) is 0 Å². The van der Waals surface area contributed by atoms with Gasteiger partial charge in [-0.05, 0) is 58.4 Å². The molecule has 0 N–H and O–H groups in total. The van der Waals surface area contributed by atoms with Crippen molar-refractivity contribution in [2.45, 2.75) is 52.7 Å². The van der Waals surface area contributed by atoms with Gasteiger partial charge in [-0.1, -0.05) is 26.0 Å². The van der Waals surface area contributed by atoms with Gasteiger partial charge in [-0.15, -0.1) is 0 Å². The summed E-state index contributed by atoms with van der Waals surface area (Å²) in [6.45, 7) is 16.3. The van der Waals surface area contributed by atoms with Gasteiger partial charge >= 0.3 is 7.12 Å². The molecule has 1 aromatic carbocycles. The summed E-state index contributed by atoms with van der Waals surface area (Å²) in [6, 6.07) is 8.02. The number of nitrogens with zero attached hydrogens (tertiary/aromatic N) is 1. The highest BCUT2D eigenvalue weighted by atomic mass is 16.7. The van der Waals surface area contributed by atoms with E-state index in [-0.39, 0.29) is 18.3 Å². The summed E-state index contributed by atoms with van der Waals surface area (Å²) < 4.78 is 18.1. The van der Waals surface area contributed by atoms with E-state index in [1.54, 1.807) is 0 Å². The van der Waals surface area contributed by atoms with Crippen LogP contribution in [0.1, 0.15) is 41.5 Å². The van der Waals surface area contributed by atoms with Crippen LogP contribution in [0.2, 0.25) is 0 Å². The fourth-order valence-corrected chi connectivity index (χ4v) is 2.56. The topological polar surface area (TPSA) is 30.9 Å². The summed E-state index contributed by atoms with van der Waals surface area (Å²) in [5.41, 5.74) is 0.359. The lowest BCUT2D eigenvalue weighted by molar-refractivity contribution is 0.00578. The summed E-state index contributed by atoms with van der Waals surface area (Å²) in [5, 5.41) is 0. The van der Waals surface area contributed by atoms with E-state index in [4.69, 9.17) is 14.0 Å². The highest BCUT2D eigenvalue weighted by molar-refractivity contribution is 6.62. The summed E-state index contributed by atoms with van der Waals surface area (Å²) in [6.07, 6.45) is 0. The van der Waals surface area contributed by atoms with E-state index in [2.05, 4.69) is 46.4 Å². The molecular weight excluding hydrogens is 289 g/mol. The Bertz CT molecular complexity index is 499. The number of benzene rings is 1.